The van der Waals surface area contributed by atoms with E-state index in [1.54, 1.807) is 43.6 Å². The van der Waals surface area contributed by atoms with Gasteiger partial charge in [-0.1, -0.05) is 17.7 Å². The number of halogens is 1. The average Bonchev–Trinajstić information content (AvgIpc) is 2.60. The van der Waals surface area contributed by atoms with Crippen molar-refractivity contribution in [3.63, 3.8) is 0 Å². The molecule has 0 atom stereocenters. The highest BCUT2D eigenvalue weighted by Gasteiger charge is 2.04. The second kappa shape index (κ2) is 8.98. The second-order valence-corrected chi connectivity index (χ2v) is 5.49. The number of carbonyl (C=O) groups is 1. The third-order valence-corrected chi connectivity index (χ3v) is 3.48. The minimum atomic E-state index is -0.226. The quantitative estimate of drug-likeness (QED) is 0.740. The molecular weight excluding hydrogens is 332 g/mol. The Morgan fingerprint density at radius 3 is 2.83 bits per heavy atom. The number of hydrogen-bond donors (Lipinski definition) is 1. The Morgan fingerprint density at radius 2 is 2.04 bits per heavy atom. The molecule has 0 saturated heterocycles. The van der Waals surface area contributed by atoms with Crippen LogP contribution in [0, 0.1) is 0 Å². The van der Waals surface area contributed by atoms with Crippen LogP contribution in [0.15, 0.2) is 47.4 Å². The van der Waals surface area contributed by atoms with Crippen molar-refractivity contribution in [1.82, 2.24) is 9.88 Å². The van der Waals surface area contributed by atoms with Crippen LogP contribution in [0.1, 0.15) is 6.42 Å². The van der Waals surface area contributed by atoms with Crippen LogP contribution in [0.5, 0.6) is 11.5 Å². The molecule has 0 aliphatic rings. The first-order chi connectivity index (χ1) is 11.6. The Balaban J connectivity index is 1.69. The van der Waals surface area contributed by atoms with E-state index in [9.17, 15) is 9.59 Å². The zero-order chi connectivity index (χ0) is 17.4. The van der Waals surface area contributed by atoms with Gasteiger partial charge >= 0.3 is 0 Å². The number of aryl methyl sites for hydroxylation is 1. The van der Waals surface area contributed by atoms with Crippen LogP contribution >= 0.6 is 11.6 Å². The maximum Gasteiger partial charge on any atom is 0.257 e. The fourth-order valence-corrected chi connectivity index (χ4v) is 2.23. The number of nitrogens with one attached hydrogen (secondary N) is 1. The van der Waals surface area contributed by atoms with Crippen molar-refractivity contribution in [2.75, 3.05) is 20.3 Å². The largest absolute Gasteiger partial charge is 0.497 e. The van der Waals surface area contributed by atoms with E-state index in [1.165, 1.54) is 10.6 Å². The van der Waals surface area contributed by atoms with Crippen molar-refractivity contribution in [2.24, 2.45) is 0 Å². The summed E-state index contributed by atoms with van der Waals surface area (Å²) in [6, 6.07) is 10.0. The Bertz CT molecular complexity index is 745. The molecule has 0 radical (unpaired) electrons. The molecule has 0 bridgehead atoms. The average molecular weight is 351 g/mol. The summed E-state index contributed by atoms with van der Waals surface area (Å²) in [6.07, 6.45) is 2.20. The molecule has 7 heteroatoms. The predicted octanol–water partition coefficient (Wildman–Crippen LogP) is 2.10. The maximum absolute atomic E-state index is 11.7. The molecule has 1 aromatic carbocycles. The molecule has 1 aromatic heterocycles. The summed E-state index contributed by atoms with van der Waals surface area (Å²) in [6.45, 7) is 0.847. The van der Waals surface area contributed by atoms with Crippen molar-refractivity contribution >= 4 is 17.5 Å². The monoisotopic (exact) mass is 350 g/mol. The number of nitrogens with zero attached hydrogens (tertiary/aromatic N) is 1. The van der Waals surface area contributed by atoms with Gasteiger partial charge in [0.15, 0.2) is 6.61 Å². The molecule has 24 heavy (non-hydrogen) atoms. The van der Waals surface area contributed by atoms with Gasteiger partial charge in [-0.25, -0.2) is 0 Å². The van der Waals surface area contributed by atoms with E-state index in [1.807, 2.05) is 0 Å². The first-order valence-corrected chi connectivity index (χ1v) is 7.86. The lowest BCUT2D eigenvalue weighted by atomic mass is 10.3. The lowest BCUT2D eigenvalue weighted by Gasteiger charge is -2.09. The van der Waals surface area contributed by atoms with E-state index in [0.717, 1.165) is 0 Å². The minimum Gasteiger partial charge on any atom is -0.497 e. The molecule has 6 nitrogen and oxygen atoms in total. The molecular formula is C17H19ClN2O4. The van der Waals surface area contributed by atoms with Gasteiger partial charge < -0.3 is 19.4 Å². The fourth-order valence-electron chi connectivity index (χ4n) is 2.04. The number of methoxy groups -OCH3 is 1. The lowest BCUT2D eigenvalue weighted by Crippen LogP contribution is -2.30. The Morgan fingerprint density at radius 1 is 1.25 bits per heavy atom. The van der Waals surface area contributed by atoms with Crippen molar-refractivity contribution in [3.05, 3.63) is 58.0 Å². The molecule has 2 aromatic rings. The number of aromatic nitrogens is 1. The number of ether oxygens (including phenoxy) is 2. The molecule has 0 unspecified atom stereocenters. The molecule has 2 rings (SSSR count). The van der Waals surface area contributed by atoms with Gasteiger partial charge in [0.25, 0.3) is 11.5 Å². The topological polar surface area (TPSA) is 69.6 Å². The van der Waals surface area contributed by atoms with Gasteiger partial charge in [0.1, 0.15) is 11.5 Å². The van der Waals surface area contributed by atoms with Crippen molar-refractivity contribution < 1.29 is 14.3 Å². The highest BCUT2D eigenvalue weighted by atomic mass is 35.5. The van der Waals surface area contributed by atoms with E-state index in [0.29, 0.717) is 36.0 Å². The predicted molar refractivity (Wildman–Crippen MR) is 91.8 cm³/mol. The number of amides is 1. The molecule has 128 valence electrons. The van der Waals surface area contributed by atoms with Gasteiger partial charge in [0, 0.05) is 31.4 Å². The summed E-state index contributed by atoms with van der Waals surface area (Å²) in [5, 5.41) is 3.25. The third-order valence-electron chi connectivity index (χ3n) is 3.26. The maximum atomic E-state index is 11.7. The number of carbonyl (C=O) groups excluding carboxylic acids is 1. The van der Waals surface area contributed by atoms with Crippen LogP contribution in [0.2, 0.25) is 5.02 Å². The van der Waals surface area contributed by atoms with E-state index < -0.39 is 0 Å². The highest BCUT2D eigenvalue weighted by Crippen LogP contribution is 2.18. The molecule has 0 aliphatic heterocycles. The van der Waals surface area contributed by atoms with Gasteiger partial charge in [-0.2, -0.15) is 0 Å². The van der Waals surface area contributed by atoms with Crippen LogP contribution in [0.25, 0.3) is 0 Å². The van der Waals surface area contributed by atoms with Crippen LogP contribution in [0.4, 0.5) is 0 Å². The zero-order valence-electron chi connectivity index (χ0n) is 13.3. The SMILES string of the molecule is COc1cccc(OCC(=O)NCCCn2cc(Cl)ccc2=O)c1. The second-order valence-electron chi connectivity index (χ2n) is 5.05. The number of benzene rings is 1. The van der Waals surface area contributed by atoms with Crippen LogP contribution < -0.4 is 20.3 Å². The standard InChI is InChI=1S/C17H19ClN2O4/c1-23-14-4-2-5-15(10-14)24-12-16(21)19-8-3-9-20-11-13(18)6-7-17(20)22/h2,4-7,10-11H,3,8-9,12H2,1H3,(H,19,21). The van der Waals surface area contributed by atoms with E-state index in [-0.39, 0.29) is 18.1 Å². The number of pyridine rings is 1. The normalized spacial score (nSPS) is 10.2. The molecule has 0 aliphatic carbocycles. The number of hydrogen-bond acceptors (Lipinski definition) is 4. The molecule has 1 amide bonds. The first-order valence-electron chi connectivity index (χ1n) is 7.48. The summed E-state index contributed by atoms with van der Waals surface area (Å²) >= 11 is 5.85. The summed E-state index contributed by atoms with van der Waals surface area (Å²) in [4.78, 5) is 23.3. The minimum absolute atomic E-state index is 0.0791. The van der Waals surface area contributed by atoms with Gasteiger partial charge in [-0.15, -0.1) is 0 Å². The molecule has 1 N–H and O–H groups in total. The van der Waals surface area contributed by atoms with Crippen molar-refractivity contribution in [2.45, 2.75) is 13.0 Å². The first kappa shape index (κ1) is 17.9. The third kappa shape index (κ3) is 5.62. The summed E-state index contributed by atoms with van der Waals surface area (Å²) in [5.41, 5.74) is -0.118. The van der Waals surface area contributed by atoms with Crippen molar-refractivity contribution in [1.29, 1.82) is 0 Å². The fraction of sp³-hybridized carbons (Fsp3) is 0.294. The summed E-state index contributed by atoms with van der Waals surface area (Å²) in [7, 11) is 1.57. The molecule has 0 spiro atoms. The van der Waals surface area contributed by atoms with E-state index >= 15 is 0 Å². The van der Waals surface area contributed by atoms with E-state index in [4.69, 9.17) is 21.1 Å². The van der Waals surface area contributed by atoms with E-state index in [2.05, 4.69) is 5.32 Å². The Labute approximate surface area is 145 Å². The Hall–Kier alpha value is -2.47. The zero-order valence-corrected chi connectivity index (χ0v) is 14.1. The summed E-state index contributed by atoms with van der Waals surface area (Å²) in [5.74, 6) is 1.01. The van der Waals surface area contributed by atoms with Gasteiger partial charge in [-0.3, -0.25) is 9.59 Å². The van der Waals surface area contributed by atoms with Crippen molar-refractivity contribution in [3.8, 4) is 11.5 Å². The van der Waals surface area contributed by atoms with Crippen LogP contribution in [-0.4, -0.2) is 30.7 Å². The van der Waals surface area contributed by atoms with Gasteiger partial charge in [-0.05, 0) is 24.6 Å². The molecule has 1 heterocycles. The van der Waals surface area contributed by atoms with Gasteiger partial charge in [0.2, 0.25) is 0 Å². The van der Waals surface area contributed by atoms with Crippen LogP contribution in [0.3, 0.4) is 0 Å². The lowest BCUT2D eigenvalue weighted by molar-refractivity contribution is -0.123. The Kier molecular flexibility index (Phi) is 6.69. The molecule has 0 fully saturated rings. The molecule has 0 saturated carbocycles. The number of rotatable bonds is 8. The highest BCUT2D eigenvalue weighted by molar-refractivity contribution is 6.30. The van der Waals surface area contributed by atoms with Gasteiger partial charge in [0.05, 0.1) is 12.1 Å². The summed E-state index contributed by atoms with van der Waals surface area (Å²) < 4.78 is 12.0. The smallest absolute Gasteiger partial charge is 0.257 e. The van der Waals surface area contributed by atoms with Crippen LogP contribution in [-0.2, 0) is 11.3 Å².